The van der Waals surface area contributed by atoms with Gasteiger partial charge in [-0.1, -0.05) is 0 Å². The molecule has 0 aliphatic rings. The molecule has 1 rings (SSSR count). The summed E-state index contributed by atoms with van der Waals surface area (Å²) in [5, 5.41) is 0. The molecule has 3 nitrogen and oxygen atoms in total. The summed E-state index contributed by atoms with van der Waals surface area (Å²) in [4.78, 5) is 7.29. The van der Waals surface area contributed by atoms with Crippen LogP contribution in [0.5, 0.6) is 0 Å². The van der Waals surface area contributed by atoms with Crippen LogP contribution in [0.3, 0.4) is 0 Å². The minimum absolute atomic E-state index is 0. The second-order valence-electron chi connectivity index (χ2n) is 1.11. The first kappa shape index (κ1) is 7.88. The topological polar surface area (TPSA) is 51.8 Å². The molecule has 0 aliphatic carbocycles. The summed E-state index contributed by atoms with van der Waals surface area (Å²) < 4.78 is 0. The number of anilines is 1. The fourth-order valence-corrected chi connectivity index (χ4v) is 0.311. The Morgan fingerprint density at radius 1 is 1.25 bits per heavy atom. The van der Waals surface area contributed by atoms with Gasteiger partial charge in [-0.25, -0.2) is 9.97 Å². The second-order valence-corrected chi connectivity index (χ2v) is 1.11. The van der Waals surface area contributed by atoms with Crippen molar-refractivity contribution in [3.63, 3.8) is 0 Å². The molecule has 1 heterocycles. The molecule has 0 atom stereocenters. The van der Waals surface area contributed by atoms with Gasteiger partial charge in [0.2, 0.25) is 5.95 Å². The van der Waals surface area contributed by atoms with Crippen LogP contribution in [0.1, 0.15) is 0 Å². The van der Waals surface area contributed by atoms with Gasteiger partial charge in [-0.15, -0.1) is 0 Å². The van der Waals surface area contributed by atoms with E-state index in [1.165, 1.54) is 0 Å². The molecule has 0 aromatic carbocycles. The molecule has 1 aromatic rings. The van der Waals surface area contributed by atoms with Gasteiger partial charge < -0.3 is 5.73 Å². The summed E-state index contributed by atoms with van der Waals surface area (Å²) >= 11 is 0. The predicted octanol–water partition coefficient (Wildman–Crippen LogP) is -0.322. The van der Waals surface area contributed by atoms with Crippen LogP contribution in [0.15, 0.2) is 18.5 Å². The normalized spacial score (nSPS) is 7.50. The zero-order valence-electron chi connectivity index (χ0n) is 4.70. The number of nitrogens with zero attached hydrogens (tertiary/aromatic N) is 2. The van der Waals surface area contributed by atoms with E-state index in [4.69, 9.17) is 5.73 Å². The Labute approximate surface area is 69.6 Å². The third-order valence-electron chi connectivity index (χ3n) is 0.586. The third-order valence-corrected chi connectivity index (χ3v) is 0.586. The maximum absolute atomic E-state index is 5.14. The quantitative estimate of drug-likeness (QED) is 0.475. The maximum atomic E-state index is 5.14. The number of hydrogen-bond donors (Lipinski definition) is 1. The van der Waals surface area contributed by atoms with Crippen molar-refractivity contribution in [3.05, 3.63) is 18.5 Å². The fraction of sp³-hybridized carbons (Fsp3) is 0. The molecular formula is C4H5N3Na. The Bertz CT molecular complexity index is 141. The van der Waals surface area contributed by atoms with Crippen molar-refractivity contribution >= 4 is 35.5 Å². The first-order chi connectivity index (χ1) is 3.39. The molecule has 8 heavy (non-hydrogen) atoms. The first-order valence-electron chi connectivity index (χ1n) is 1.92. The van der Waals surface area contributed by atoms with E-state index in [1.807, 2.05) is 0 Å². The van der Waals surface area contributed by atoms with Crippen LogP contribution < -0.4 is 5.73 Å². The molecule has 4 heteroatoms. The Morgan fingerprint density at radius 3 is 2.00 bits per heavy atom. The monoisotopic (exact) mass is 118 g/mol. The van der Waals surface area contributed by atoms with Crippen LogP contribution in [-0.2, 0) is 0 Å². The van der Waals surface area contributed by atoms with Gasteiger partial charge in [-0.2, -0.15) is 0 Å². The Hall–Kier alpha value is -0.120. The number of aromatic nitrogens is 2. The number of hydrogen-bond acceptors (Lipinski definition) is 3. The summed E-state index contributed by atoms with van der Waals surface area (Å²) in [6, 6.07) is 1.72. The van der Waals surface area contributed by atoms with Crippen molar-refractivity contribution in [2.75, 3.05) is 5.73 Å². The molecule has 0 aliphatic heterocycles. The zero-order chi connectivity index (χ0) is 5.11. The minimum atomic E-state index is 0. The summed E-state index contributed by atoms with van der Waals surface area (Å²) in [5.74, 6) is 0.322. The van der Waals surface area contributed by atoms with E-state index >= 15 is 0 Å². The van der Waals surface area contributed by atoms with Gasteiger partial charge in [0.25, 0.3) is 0 Å². The van der Waals surface area contributed by atoms with Crippen molar-refractivity contribution in [1.82, 2.24) is 9.97 Å². The van der Waals surface area contributed by atoms with E-state index in [9.17, 15) is 0 Å². The van der Waals surface area contributed by atoms with E-state index in [2.05, 4.69) is 9.97 Å². The van der Waals surface area contributed by atoms with Gasteiger partial charge in [0.05, 0.1) is 0 Å². The van der Waals surface area contributed by atoms with Gasteiger partial charge in [-0.05, 0) is 6.07 Å². The van der Waals surface area contributed by atoms with Crippen LogP contribution in [0, 0.1) is 0 Å². The van der Waals surface area contributed by atoms with E-state index < -0.39 is 0 Å². The smallest absolute Gasteiger partial charge is 0.219 e. The van der Waals surface area contributed by atoms with Crippen molar-refractivity contribution in [2.24, 2.45) is 0 Å². The molecule has 0 spiro atoms. The van der Waals surface area contributed by atoms with Crippen LogP contribution in [-0.4, -0.2) is 39.5 Å². The fourth-order valence-electron chi connectivity index (χ4n) is 0.311. The van der Waals surface area contributed by atoms with Gasteiger partial charge in [0, 0.05) is 42.0 Å². The van der Waals surface area contributed by atoms with E-state index in [-0.39, 0.29) is 29.6 Å². The van der Waals surface area contributed by atoms with Gasteiger partial charge in [0.1, 0.15) is 0 Å². The van der Waals surface area contributed by atoms with E-state index in [0.717, 1.165) is 0 Å². The summed E-state index contributed by atoms with van der Waals surface area (Å²) in [5.41, 5.74) is 5.14. The number of rotatable bonds is 0. The average Bonchev–Trinajstić information content (AvgIpc) is 1.69. The minimum Gasteiger partial charge on any atom is -0.368 e. The Morgan fingerprint density at radius 2 is 1.75 bits per heavy atom. The Kier molecular flexibility index (Phi) is 3.77. The van der Waals surface area contributed by atoms with Crippen LogP contribution in [0.25, 0.3) is 0 Å². The Balaban J connectivity index is 0.000000490. The summed E-state index contributed by atoms with van der Waals surface area (Å²) in [6.45, 7) is 0. The molecule has 0 fully saturated rings. The van der Waals surface area contributed by atoms with Crippen molar-refractivity contribution < 1.29 is 0 Å². The average molecular weight is 118 g/mol. The molecule has 1 aromatic heterocycles. The van der Waals surface area contributed by atoms with Gasteiger partial charge in [0.15, 0.2) is 0 Å². The molecule has 0 unspecified atom stereocenters. The maximum Gasteiger partial charge on any atom is 0.219 e. The van der Waals surface area contributed by atoms with E-state index in [1.54, 1.807) is 18.5 Å². The predicted molar refractivity (Wildman–Crippen MR) is 32.2 cm³/mol. The van der Waals surface area contributed by atoms with E-state index in [0.29, 0.717) is 5.95 Å². The van der Waals surface area contributed by atoms with Crippen molar-refractivity contribution in [3.8, 4) is 0 Å². The molecule has 0 saturated heterocycles. The van der Waals surface area contributed by atoms with Crippen LogP contribution in [0.4, 0.5) is 5.95 Å². The molecule has 37 valence electrons. The third kappa shape index (κ3) is 2.26. The first-order valence-corrected chi connectivity index (χ1v) is 1.92. The number of nitrogen functional groups attached to an aromatic ring is 1. The van der Waals surface area contributed by atoms with Gasteiger partial charge >= 0.3 is 0 Å². The van der Waals surface area contributed by atoms with Crippen LogP contribution >= 0.6 is 0 Å². The largest absolute Gasteiger partial charge is 0.368 e. The van der Waals surface area contributed by atoms with Crippen molar-refractivity contribution in [2.45, 2.75) is 0 Å². The van der Waals surface area contributed by atoms with Crippen molar-refractivity contribution in [1.29, 1.82) is 0 Å². The number of nitrogens with two attached hydrogens (primary N) is 1. The SMILES string of the molecule is Nc1ncccn1.[Na]. The molecule has 2 N–H and O–H groups in total. The second kappa shape index (κ2) is 3.83. The molecular weight excluding hydrogens is 113 g/mol. The van der Waals surface area contributed by atoms with Crippen LogP contribution in [0.2, 0.25) is 0 Å². The molecule has 0 saturated carbocycles. The zero-order valence-corrected chi connectivity index (χ0v) is 6.70. The molecule has 0 amide bonds. The molecule has 1 radical (unpaired) electrons. The standard InChI is InChI=1S/C4H5N3.Na/c5-4-6-2-1-3-7-4;/h1-3H,(H2,5,6,7);. The summed E-state index contributed by atoms with van der Waals surface area (Å²) in [7, 11) is 0. The summed E-state index contributed by atoms with van der Waals surface area (Å²) in [6.07, 6.45) is 3.20. The van der Waals surface area contributed by atoms with Gasteiger partial charge in [-0.3, -0.25) is 0 Å². The molecule has 0 bridgehead atoms.